The molecule has 2 fully saturated rings. The van der Waals surface area contributed by atoms with E-state index >= 15 is 0 Å². The lowest BCUT2D eigenvalue weighted by atomic mass is 9.84. The molecule has 2 aliphatic rings. The van der Waals surface area contributed by atoms with Gasteiger partial charge in [0.2, 0.25) is 5.91 Å². The second-order valence-corrected chi connectivity index (χ2v) is 10.0. The summed E-state index contributed by atoms with van der Waals surface area (Å²) in [5, 5.41) is 2.85. The zero-order valence-corrected chi connectivity index (χ0v) is 15.8. The van der Waals surface area contributed by atoms with Gasteiger partial charge in [-0.1, -0.05) is 39.0 Å². The van der Waals surface area contributed by atoms with Crippen LogP contribution in [0.1, 0.15) is 50.3 Å². The Hall–Kier alpha value is -0.920. The van der Waals surface area contributed by atoms with Crippen molar-refractivity contribution in [2.75, 3.05) is 13.1 Å². The lowest BCUT2D eigenvalue weighted by Crippen LogP contribution is -2.57. The van der Waals surface area contributed by atoms with Crippen molar-refractivity contribution < 1.29 is 13.2 Å². The van der Waals surface area contributed by atoms with Crippen LogP contribution in [0.3, 0.4) is 0 Å². The van der Waals surface area contributed by atoms with Gasteiger partial charge in [-0.05, 0) is 30.9 Å². The van der Waals surface area contributed by atoms with E-state index in [-0.39, 0.29) is 5.91 Å². The molecule has 0 aromatic carbocycles. The molecule has 5 nitrogen and oxygen atoms in total. The molecule has 1 saturated heterocycles. The van der Waals surface area contributed by atoms with Gasteiger partial charge in [0.05, 0.1) is 0 Å². The summed E-state index contributed by atoms with van der Waals surface area (Å²) in [6, 6.07) is 3.00. The number of nitrogens with zero attached hydrogens (tertiary/aromatic N) is 1. The Morgan fingerprint density at radius 2 is 2.00 bits per heavy atom. The maximum Gasteiger partial charge on any atom is 0.253 e. The Morgan fingerprint density at radius 3 is 2.67 bits per heavy atom. The molecule has 1 unspecified atom stereocenters. The first-order valence-corrected chi connectivity index (χ1v) is 11.2. The van der Waals surface area contributed by atoms with E-state index in [1.54, 1.807) is 6.07 Å². The Morgan fingerprint density at radius 1 is 1.25 bits per heavy atom. The van der Waals surface area contributed by atoms with Crippen LogP contribution in [0, 0.1) is 5.92 Å². The minimum absolute atomic E-state index is 0.136. The average molecular weight is 371 g/mol. The van der Waals surface area contributed by atoms with Gasteiger partial charge in [-0.25, -0.2) is 8.42 Å². The van der Waals surface area contributed by atoms with E-state index in [4.69, 9.17) is 0 Å². The van der Waals surface area contributed by atoms with Crippen LogP contribution in [0.5, 0.6) is 0 Å². The van der Waals surface area contributed by atoms with Crippen LogP contribution in [0.25, 0.3) is 0 Å². The molecule has 0 bridgehead atoms. The fraction of sp³-hybridized carbons (Fsp3) is 0.706. The molecule has 134 valence electrons. The maximum absolute atomic E-state index is 13.1. The third-order valence-electron chi connectivity index (χ3n) is 5.11. The lowest BCUT2D eigenvalue weighted by molar-refractivity contribution is -0.127. The van der Waals surface area contributed by atoms with E-state index < -0.39 is 16.1 Å². The van der Waals surface area contributed by atoms with E-state index in [2.05, 4.69) is 5.32 Å². The second-order valence-electron chi connectivity index (χ2n) is 6.74. The maximum atomic E-state index is 13.1. The minimum Gasteiger partial charge on any atom is -0.353 e. The van der Waals surface area contributed by atoms with Gasteiger partial charge in [0.25, 0.3) is 10.0 Å². The molecule has 7 heteroatoms. The fourth-order valence-electron chi connectivity index (χ4n) is 3.75. The Balaban J connectivity index is 1.83. The van der Waals surface area contributed by atoms with Gasteiger partial charge in [0, 0.05) is 18.0 Å². The highest BCUT2D eigenvalue weighted by atomic mass is 32.2. The summed E-state index contributed by atoms with van der Waals surface area (Å²) in [6.07, 6.45) is 7.33. The first-order valence-electron chi connectivity index (χ1n) is 8.90. The number of carbonyl (C=O) groups excluding carboxylic acids is 1. The molecule has 3 rings (SSSR count). The van der Waals surface area contributed by atoms with Gasteiger partial charge in [0.15, 0.2) is 0 Å². The Bertz CT molecular complexity index is 678. The summed E-state index contributed by atoms with van der Waals surface area (Å²) >= 11 is 1.32. The number of amides is 1. The van der Waals surface area contributed by atoms with Gasteiger partial charge >= 0.3 is 0 Å². The lowest BCUT2D eigenvalue weighted by Gasteiger charge is -2.36. The number of hydrogen-bond acceptors (Lipinski definition) is 4. The van der Waals surface area contributed by atoms with Crippen molar-refractivity contribution >= 4 is 27.3 Å². The summed E-state index contributed by atoms with van der Waals surface area (Å²) in [5.74, 6) is 0.322. The standard InChI is InChI=1S/C17H26N2O3S2/c1-2-14-8-9-16(23-14)24(21,22)19-11-10-18-17(20)15(19)12-13-6-4-3-5-7-13/h8-9,13,15H,2-7,10-12H2,1H3,(H,18,20). The molecule has 1 amide bonds. The van der Waals surface area contributed by atoms with Gasteiger partial charge < -0.3 is 5.32 Å². The highest BCUT2D eigenvalue weighted by Crippen LogP contribution is 2.32. The van der Waals surface area contributed by atoms with Gasteiger partial charge in [0.1, 0.15) is 10.3 Å². The van der Waals surface area contributed by atoms with Crippen molar-refractivity contribution in [3.05, 3.63) is 17.0 Å². The van der Waals surface area contributed by atoms with E-state index in [1.165, 1.54) is 34.9 Å². The normalized spacial score (nSPS) is 24.0. The number of rotatable bonds is 5. The molecule has 1 atom stereocenters. The van der Waals surface area contributed by atoms with Crippen LogP contribution >= 0.6 is 11.3 Å². The van der Waals surface area contributed by atoms with Gasteiger partial charge in [-0.3, -0.25) is 4.79 Å². The largest absolute Gasteiger partial charge is 0.353 e. The van der Waals surface area contributed by atoms with Crippen LogP contribution in [0.15, 0.2) is 16.3 Å². The highest BCUT2D eigenvalue weighted by Gasteiger charge is 2.40. The monoisotopic (exact) mass is 370 g/mol. The van der Waals surface area contributed by atoms with Crippen LogP contribution < -0.4 is 5.32 Å². The van der Waals surface area contributed by atoms with Crippen LogP contribution in [-0.4, -0.2) is 37.8 Å². The van der Waals surface area contributed by atoms with Crippen LogP contribution in [0.4, 0.5) is 0 Å². The molecule has 24 heavy (non-hydrogen) atoms. The van der Waals surface area contributed by atoms with Crippen molar-refractivity contribution in [2.24, 2.45) is 5.92 Å². The summed E-state index contributed by atoms with van der Waals surface area (Å²) < 4.78 is 28.0. The Kier molecular flexibility index (Phi) is 5.62. The zero-order valence-electron chi connectivity index (χ0n) is 14.2. The SMILES string of the molecule is CCc1ccc(S(=O)(=O)N2CCNC(=O)C2CC2CCCCC2)s1. The number of nitrogens with one attached hydrogen (secondary N) is 1. The number of sulfonamides is 1. The third-order valence-corrected chi connectivity index (χ3v) is 8.72. The Labute approximate surface area is 148 Å². The van der Waals surface area contributed by atoms with Gasteiger partial charge in [-0.2, -0.15) is 4.31 Å². The fourth-order valence-corrected chi connectivity index (χ4v) is 6.77. The molecule has 1 aromatic heterocycles. The number of aryl methyl sites for hydroxylation is 1. The number of hydrogen-bond donors (Lipinski definition) is 1. The van der Waals surface area contributed by atoms with Crippen molar-refractivity contribution in [1.82, 2.24) is 9.62 Å². The summed E-state index contributed by atoms with van der Waals surface area (Å²) in [6.45, 7) is 2.78. The van der Waals surface area contributed by atoms with E-state index in [9.17, 15) is 13.2 Å². The topological polar surface area (TPSA) is 66.5 Å². The molecule has 1 N–H and O–H groups in total. The van der Waals surface area contributed by atoms with Crippen molar-refractivity contribution in [3.8, 4) is 0 Å². The van der Waals surface area contributed by atoms with Crippen LogP contribution in [-0.2, 0) is 21.2 Å². The molecule has 1 saturated carbocycles. The molecular formula is C17H26N2O3S2. The zero-order chi connectivity index (χ0) is 17.2. The molecule has 1 aliphatic carbocycles. The van der Waals surface area contributed by atoms with E-state index in [0.717, 1.165) is 24.1 Å². The smallest absolute Gasteiger partial charge is 0.253 e. The molecule has 0 spiro atoms. The number of carbonyl (C=O) groups is 1. The predicted molar refractivity (Wildman–Crippen MR) is 95.6 cm³/mol. The van der Waals surface area contributed by atoms with E-state index in [0.29, 0.717) is 29.6 Å². The summed E-state index contributed by atoms with van der Waals surface area (Å²) in [7, 11) is -3.59. The quantitative estimate of drug-likeness (QED) is 0.867. The number of thiophene rings is 1. The summed E-state index contributed by atoms with van der Waals surface area (Å²) in [4.78, 5) is 13.5. The van der Waals surface area contributed by atoms with E-state index in [1.807, 2.05) is 13.0 Å². The average Bonchev–Trinajstić information content (AvgIpc) is 3.07. The number of piperazine rings is 1. The minimum atomic E-state index is -3.59. The second kappa shape index (κ2) is 7.54. The first-order chi connectivity index (χ1) is 11.5. The predicted octanol–water partition coefficient (Wildman–Crippen LogP) is 2.77. The molecule has 1 aromatic rings. The van der Waals surface area contributed by atoms with Crippen molar-refractivity contribution in [1.29, 1.82) is 0 Å². The summed E-state index contributed by atoms with van der Waals surface area (Å²) in [5.41, 5.74) is 0. The first kappa shape index (κ1) is 17.9. The highest BCUT2D eigenvalue weighted by molar-refractivity contribution is 7.91. The molecule has 0 radical (unpaired) electrons. The van der Waals surface area contributed by atoms with Crippen molar-refractivity contribution in [3.63, 3.8) is 0 Å². The molecular weight excluding hydrogens is 344 g/mol. The molecule has 1 aliphatic heterocycles. The molecule has 2 heterocycles. The third kappa shape index (κ3) is 3.68. The van der Waals surface area contributed by atoms with Crippen LogP contribution in [0.2, 0.25) is 0 Å². The van der Waals surface area contributed by atoms with Crippen molar-refractivity contribution in [2.45, 2.75) is 62.1 Å². The van der Waals surface area contributed by atoms with Gasteiger partial charge in [-0.15, -0.1) is 11.3 Å².